The molecular weight excluding hydrogens is 224 g/mol. The summed E-state index contributed by atoms with van der Waals surface area (Å²) in [5.74, 6) is 0.881. The Morgan fingerprint density at radius 2 is 1.78 bits per heavy atom. The molecule has 4 saturated heterocycles. The summed E-state index contributed by atoms with van der Waals surface area (Å²) in [7, 11) is 1.89. The highest BCUT2D eigenvalue weighted by Crippen LogP contribution is 2.42. The van der Waals surface area contributed by atoms with E-state index >= 15 is 0 Å². The summed E-state index contributed by atoms with van der Waals surface area (Å²) in [5, 5.41) is 0. The van der Waals surface area contributed by atoms with Crippen molar-refractivity contribution in [2.45, 2.75) is 57.2 Å². The molecule has 2 atom stereocenters. The minimum atomic E-state index is 0.371. The molecule has 4 aliphatic heterocycles. The first kappa shape index (κ1) is 12.9. The Kier molecular flexibility index (Phi) is 3.65. The van der Waals surface area contributed by atoms with Gasteiger partial charge >= 0.3 is 0 Å². The molecule has 0 amide bonds. The van der Waals surface area contributed by atoms with Gasteiger partial charge in [0.25, 0.3) is 0 Å². The number of likely N-dealkylation sites (tertiary alicyclic amines) is 1. The maximum absolute atomic E-state index is 5.78. The molecule has 4 heterocycles. The van der Waals surface area contributed by atoms with Gasteiger partial charge < -0.3 is 9.64 Å². The van der Waals surface area contributed by atoms with Crippen molar-refractivity contribution in [2.24, 2.45) is 5.92 Å². The van der Waals surface area contributed by atoms with Crippen molar-refractivity contribution in [3.05, 3.63) is 0 Å². The van der Waals surface area contributed by atoms with Gasteiger partial charge in [-0.2, -0.15) is 0 Å². The lowest BCUT2D eigenvalue weighted by atomic mass is 9.77. The van der Waals surface area contributed by atoms with Gasteiger partial charge in [-0.25, -0.2) is 0 Å². The van der Waals surface area contributed by atoms with Crippen LogP contribution >= 0.6 is 0 Å². The van der Waals surface area contributed by atoms with Crippen LogP contribution in [0.15, 0.2) is 0 Å². The molecule has 104 valence electrons. The van der Waals surface area contributed by atoms with Crippen LogP contribution in [0.3, 0.4) is 0 Å². The zero-order valence-electron chi connectivity index (χ0n) is 12.0. The maximum Gasteiger partial charge on any atom is 0.110 e. The van der Waals surface area contributed by atoms with Crippen LogP contribution in [0.5, 0.6) is 0 Å². The fourth-order valence-corrected chi connectivity index (χ4v) is 4.48. The highest BCUT2D eigenvalue weighted by molar-refractivity contribution is 5.00. The van der Waals surface area contributed by atoms with Crippen molar-refractivity contribution in [2.75, 3.05) is 33.3 Å². The van der Waals surface area contributed by atoms with Crippen LogP contribution in [0.2, 0.25) is 0 Å². The van der Waals surface area contributed by atoms with Crippen LogP contribution in [0.4, 0.5) is 0 Å². The fourth-order valence-electron chi connectivity index (χ4n) is 4.48. The Morgan fingerprint density at radius 3 is 2.50 bits per heavy atom. The van der Waals surface area contributed by atoms with E-state index in [0.29, 0.717) is 11.8 Å². The Bertz CT molecular complexity index is 288. The molecule has 4 rings (SSSR count). The summed E-state index contributed by atoms with van der Waals surface area (Å²) in [5.41, 5.74) is 0.381. The first-order valence-electron chi connectivity index (χ1n) is 7.76. The van der Waals surface area contributed by atoms with Crippen LogP contribution in [-0.4, -0.2) is 54.9 Å². The average molecular weight is 252 g/mol. The lowest BCUT2D eigenvalue weighted by Gasteiger charge is -2.50. The number of fused-ring (bicyclic) bond motifs is 4. The van der Waals surface area contributed by atoms with E-state index in [1.54, 1.807) is 0 Å². The SMILES string of the molecule is COC1CCCCN1C1(C)CCN2CCC1CC2. The molecule has 4 aliphatic rings. The number of methoxy groups -OCH3 is 1. The molecule has 0 radical (unpaired) electrons. The summed E-state index contributed by atoms with van der Waals surface area (Å²) in [4.78, 5) is 5.38. The molecule has 2 bridgehead atoms. The quantitative estimate of drug-likeness (QED) is 0.750. The average Bonchev–Trinajstić information content (AvgIpc) is 2.70. The molecule has 0 aromatic heterocycles. The Balaban J connectivity index is 1.82. The predicted molar refractivity (Wildman–Crippen MR) is 73.5 cm³/mol. The number of nitrogens with zero attached hydrogens (tertiary/aromatic N) is 2. The minimum absolute atomic E-state index is 0.371. The van der Waals surface area contributed by atoms with Crippen LogP contribution in [-0.2, 0) is 4.74 Å². The van der Waals surface area contributed by atoms with Crippen molar-refractivity contribution in [3.8, 4) is 0 Å². The number of hydrogen-bond donors (Lipinski definition) is 0. The van der Waals surface area contributed by atoms with Gasteiger partial charge in [0.2, 0.25) is 0 Å². The lowest BCUT2D eigenvalue weighted by molar-refractivity contribution is -0.125. The molecule has 0 aromatic carbocycles. The van der Waals surface area contributed by atoms with Gasteiger partial charge in [-0.15, -0.1) is 0 Å². The summed E-state index contributed by atoms with van der Waals surface area (Å²) >= 11 is 0. The molecule has 2 unspecified atom stereocenters. The summed E-state index contributed by atoms with van der Waals surface area (Å²) in [6.07, 6.45) is 8.40. The van der Waals surface area contributed by atoms with Crippen LogP contribution < -0.4 is 0 Å². The molecule has 18 heavy (non-hydrogen) atoms. The van der Waals surface area contributed by atoms with Crippen LogP contribution in [0, 0.1) is 5.92 Å². The Labute approximate surface area is 111 Å². The van der Waals surface area contributed by atoms with Crippen molar-refractivity contribution < 1.29 is 4.74 Å². The lowest BCUT2D eigenvalue weighted by Crippen LogP contribution is -2.58. The monoisotopic (exact) mass is 252 g/mol. The Hall–Kier alpha value is -0.120. The normalized spacial score (nSPS) is 46.0. The van der Waals surface area contributed by atoms with Crippen molar-refractivity contribution in [3.63, 3.8) is 0 Å². The third-order valence-corrected chi connectivity index (χ3v) is 5.78. The third kappa shape index (κ3) is 2.10. The molecule has 0 spiro atoms. The van der Waals surface area contributed by atoms with Gasteiger partial charge in [0.15, 0.2) is 0 Å². The van der Waals surface area contributed by atoms with Crippen LogP contribution in [0.1, 0.15) is 45.4 Å². The predicted octanol–water partition coefficient (Wildman–Crippen LogP) is 2.32. The molecule has 3 heteroatoms. The van der Waals surface area contributed by atoms with E-state index in [9.17, 15) is 0 Å². The zero-order valence-corrected chi connectivity index (χ0v) is 12.0. The minimum Gasteiger partial charge on any atom is -0.366 e. The topological polar surface area (TPSA) is 15.7 Å². The number of rotatable bonds is 2. The van der Waals surface area contributed by atoms with E-state index in [4.69, 9.17) is 4.74 Å². The maximum atomic E-state index is 5.78. The van der Waals surface area contributed by atoms with E-state index in [2.05, 4.69) is 16.7 Å². The van der Waals surface area contributed by atoms with E-state index in [1.807, 2.05) is 7.11 Å². The first-order chi connectivity index (χ1) is 8.74. The largest absolute Gasteiger partial charge is 0.366 e. The highest BCUT2D eigenvalue weighted by atomic mass is 16.5. The molecular formula is C15H28N2O. The van der Waals surface area contributed by atoms with E-state index in [0.717, 1.165) is 5.92 Å². The summed E-state index contributed by atoms with van der Waals surface area (Å²) in [6.45, 7) is 7.70. The van der Waals surface area contributed by atoms with Gasteiger partial charge in [-0.3, -0.25) is 4.90 Å². The molecule has 0 aliphatic carbocycles. The van der Waals surface area contributed by atoms with Gasteiger partial charge in [0, 0.05) is 19.2 Å². The fraction of sp³-hybridized carbons (Fsp3) is 1.00. The van der Waals surface area contributed by atoms with E-state index in [-0.39, 0.29) is 0 Å². The van der Waals surface area contributed by atoms with Crippen molar-refractivity contribution in [1.82, 2.24) is 9.80 Å². The van der Waals surface area contributed by atoms with Crippen molar-refractivity contribution >= 4 is 0 Å². The summed E-state index contributed by atoms with van der Waals surface area (Å²) < 4.78 is 5.78. The van der Waals surface area contributed by atoms with E-state index < -0.39 is 0 Å². The first-order valence-corrected chi connectivity index (χ1v) is 7.76. The molecule has 0 aromatic rings. The van der Waals surface area contributed by atoms with E-state index in [1.165, 1.54) is 64.7 Å². The second-order valence-corrected chi connectivity index (χ2v) is 6.60. The summed E-state index contributed by atoms with van der Waals surface area (Å²) in [6, 6.07) is 0. The number of ether oxygens (including phenoxy) is 1. The standard InChI is InChI=1S/C15H28N2O/c1-15(17-9-4-3-5-14(17)18-2)8-12-16-10-6-13(15)7-11-16/h13-14H,3-12H2,1-2H3. The highest BCUT2D eigenvalue weighted by Gasteiger charge is 2.46. The number of hydrogen-bond acceptors (Lipinski definition) is 3. The molecule has 3 nitrogen and oxygen atoms in total. The molecule has 0 N–H and O–H groups in total. The zero-order chi connectivity index (χ0) is 12.6. The van der Waals surface area contributed by atoms with Gasteiger partial charge in [-0.1, -0.05) is 0 Å². The third-order valence-electron chi connectivity index (χ3n) is 5.78. The Morgan fingerprint density at radius 1 is 1.00 bits per heavy atom. The van der Waals surface area contributed by atoms with Crippen molar-refractivity contribution in [1.29, 1.82) is 0 Å². The second kappa shape index (κ2) is 5.10. The van der Waals surface area contributed by atoms with Gasteiger partial charge in [0.1, 0.15) is 6.23 Å². The number of piperidine rings is 2. The van der Waals surface area contributed by atoms with Crippen LogP contribution in [0.25, 0.3) is 0 Å². The smallest absolute Gasteiger partial charge is 0.110 e. The molecule has 0 saturated carbocycles. The molecule has 4 fully saturated rings. The van der Waals surface area contributed by atoms with Gasteiger partial charge in [-0.05, 0) is 71.0 Å². The second-order valence-electron chi connectivity index (χ2n) is 6.60. The van der Waals surface area contributed by atoms with Gasteiger partial charge in [0.05, 0.1) is 0 Å².